The molecule has 0 fully saturated rings. The molecular weight excluding hydrogens is 380 g/mol. The molecule has 1 aliphatic rings. The Hall–Kier alpha value is -2.11. The molecule has 0 saturated heterocycles. The predicted molar refractivity (Wildman–Crippen MR) is 123 cm³/mol. The van der Waals surface area contributed by atoms with Gasteiger partial charge in [-0.05, 0) is 88.6 Å². The van der Waals surface area contributed by atoms with Crippen molar-refractivity contribution in [3.63, 3.8) is 0 Å². The van der Waals surface area contributed by atoms with Crippen LogP contribution in [0.3, 0.4) is 0 Å². The lowest BCUT2D eigenvalue weighted by atomic mass is 9.84. The Bertz CT molecular complexity index is 943. The number of carbonyl (C=O) groups excluding carboxylic acids is 1. The largest absolute Gasteiger partial charge is 0.497 e. The summed E-state index contributed by atoms with van der Waals surface area (Å²) in [5.74, 6) is 0.636. The maximum atomic E-state index is 13.2. The van der Waals surface area contributed by atoms with Crippen LogP contribution >= 0.6 is 11.9 Å². The van der Waals surface area contributed by atoms with Gasteiger partial charge >= 0.3 is 0 Å². The molecule has 2 atom stereocenters. The number of aliphatic imine (C=N–C) groups is 1. The number of carbonyl (C=O) groups is 1. The van der Waals surface area contributed by atoms with E-state index in [1.807, 2.05) is 44.2 Å². The molecule has 1 aliphatic heterocycles. The zero-order chi connectivity index (χ0) is 21.3. The average Bonchev–Trinajstić information content (AvgIpc) is 2.68. The third kappa shape index (κ3) is 4.73. The van der Waals surface area contributed by atoms with Crippen LogP contribution in [-0.2, 0) is 0 Å². The number of nitrogens with one attached hydrogen (secondary N) is 1. The molecule has 1 N–H and O–H groups in total. The molecule has 0 spiro atoms. The van der Waals surface area contributed by atoms with Gasteiger partial charge in [0.05, 0.1) is 24.4 Å². The lowest BCUT2D eigenvalue weighted by molar-refractivity contribution is 0.0960. The minimum atomic E-state index is -0.280. The van der Waals surface area contributed by atoms with Gasteiger partial charge in [-0.15, -0.1) is 0 Å². The third-order valence-electron chi connectivity index (χ3n) is 4.98. The maximum absolute atomic E-state index is 13.2. The summed E-state index contributed by atoms with van der Waals surface area (Å²) in [5.41, 5.74) is 5.41. The van der Waals surface area contributed by atoms with E-state index in [1.165, 1.54) is 0 Å². The maximum Gasteiger partial charge on any atom is 0.173 e. The number of ether oxygens (including phenoxy) is 1. The number of aryl methyl sites for hydroxylation is 1. The summed E-state index contributed by atoms with van der Waals surface area (Å²) in [6.45, 7) is 12.6. The molecular formula is C24H30N2O2S. The summed E-state index contributed by atoms with van der Waals surface area (Å²) in [5, 5.41) is 0. The number of benzene rings is 2. The molecule has 0 aliphatic carbocycles. The molecule has 1 heterocycles. The highest BCUT2D eigenvalue weighted by Crippen LogP contribution is 2.38. The Morgan fingerprint density at radius 3 is 2.41 bits per heavy atom. The van der Waals surface area contributed by atoms with Gasteiger partial charge in [0.25, 0.3) is 0 Å². The van der Waals surface area contributed by atoms with Crippen LogP contribution in [0.15, 0.2) is 41.4 Å². The van der Waals surface area contributed by atoms with Gasteiger partial charge in [-0.3, -0.25) is 14.5 Å². The average molecular weight is 411 g/mol. The van der Waals surface area contributed by atoms with E-state index in [0.29, 0.717) is 0 Å². The molecule has 154 valence electrons. The number of hydrogen-bond donors (Lipinski definition) is 1. The molecule has 0 saturated carbocycles. The summed E-state index contributed by atoms with van der Waals surface area (Å²) in [6.07, 6.45) is 0. The second kappa shape index (κ2) is 8.33. The molecule has 0 aromatic heterocycles. The third-order valence-corrected chi connectivity index (χ3v) is 6.06. The van der Waals surface area contributed by atoms with Crippen molar-refractivity contribution in [1.82, 2.24) is 4.72 Å². The number of fused-ring (bicyclic) bond motifs is 1. The second-order valence-corrected chi connectivity index (χ2v) is 10.3. The van der Waals surface area contributed by atoms with Crippen molar-refractivity contribution < 1.29 is 9.53 Å². The van der Waals surface area contributed by atoms with Gasteiger partial charge in [0.15, 0.2) is 5.78 Å². The van der Waals surface area contributed by atoms with Crippen molar-refractivity contribution in [1.29, 1.82) is 0 Å². The normalized spacial score (nSPS) is 17.6. The van der Waals surface area contributed by atoms with Crippen molar-refractivity contribution in [2.24, 2.45) is 10.9 Å². The SMILES string of the molecule is COc1ccc(C2=Nc3c(cc(C)cc3[C@@H](C)NSC(C)(C)C)C(=O)C2C)cc1. The number of hydrogen-bond acceptors (Lipinski definition) is 5. The Balaban J connectivity index is 2.07. The molecule has 0 bridgehead atoms. The van der Waals surface area contributed by atoms with Gasteiger partial charge in [0.1, 0.15) is 5.75 Å². The molecule has 2 aromatic rings. The topological polar surface area (TPSA) is 50.7 Å². The first-order chi connectivity index (χ1) is 13.6. The van der Waals surface area contributed by atoms with Gasteiger partial charge in [-0.25, -0.2) is 0 Å². The first-order valence-corrected chi connectivity index (χ1v) is 10.8. The standard InChI is InChI=1S/C24H30N2O2S/c1-14-12-19(16(3)26-29-24(4,5)6)22-20(13-14)23(27)15(2)21(25-22)17-8-10-18(28-7)11-9-17/h8-13,15-16,26H,1-7H3/t15?,16-/m1/s1. The highest BCUT2D eigenvalue weighted by molar-refractivity contribution is 7.98. The quantitative estimate of drug-likeness (QED) is 0.609. The number of Topliss-reactive ketones (excluding diaryl/α,β-unsaturated/α-hetero) is 1. The van der Waals surface area contributed by atoms with Crippen molar-refractivity contribution in [3.05, 3.63) is 58.7 Å². The van der Waals surface area contributed by atoms with E-state index < -0.39 is 0 Å². The van der Waals surface area contributed by atoms with E-state index in [1.54, 1.807) is 19.1 Å². The minimum Gasteiger partial charge on any atom is -0.497 e. The van der Waals surface area contributed by atoms with Gasteiger partial charge in [-0.1, -0.05) is 18.0 Å². The molecule has 2 aromatic carbocycles. The summed E-state index contributed by atoms with van der Waals surface area (Å²) in [7, 11) is 1.65. The number of nitrogens with zero attached hydrogens (tertiary/aromatic N) is 1. The Morgan fingerprint density at radius 1 is 1.17 bits per heavy atom. The van der Waals surface area contributed by atoms with E-state index in [0.717, 1.165) is 39.4 Å². The minimum absolute atomic E-state index is 0.0648. The molecule has 5 heteroatoms. The van der Waals surface area contributed by atoms with Crippen molar-refractivity contribution in [3.8, 4) is 5.75 Å². The summed E-state index contributed by atoms with van der Waals surface area (Å²) in [6, 6.07) is 11.9. The Morgan fingerprint density at radius 2 is 1.83 bits per heavy atom. The number of rotatable bonds is 5. The monoisotopic (exact) mass is 410 g/mol. The lowest BCUT2D eigenvalue weighted by Crippen LogP contribution is -2.27. The first-order valence-electron chi connectivity index (χ1n) is 9.96. The van der Waals surface area contributed by atoms with Crippen LogP contribution in [0.5, 0.6) is 5.75 Å². The number of ketones is 1. The predicted octanol–water partition coefficient (Wildman–Crippen LogP) is 6.05. The summed E-state index contributed by atoms with van der Waals surface area (Å²) < 4.78 is 8.89. The van der Waals surface area contributed by atoms with Crippen LogP contribution in [0.1, 0.15) is 67.7 Å². The van der Waals surface area contributed by atoms with Crippen LogP contribution in [-0.4, -0.2) is 23.4 Å². The van der Waals surface area contributed by atoms with E-state index in [-0.39, 0.29) is 22.5 Å². The smallest absolute Gasteiger partial charge is 0.173 e. The van der Waals surface area contributed by atoms with E-state index in [4.69, 9.17) is 9.73 Å². The van der Waals surface area contributed by atoms with Crippen LogP contribution in [0.25, 0.3) is 0 Å². The van der Waals surface area contributed by atoms with Crippen molar-refractivity contribution in [2.75, 3.05) is 7.11 Å². The molecule has 0 amide bonds. The zero-order valence-corrected chi connectivity index (χ0v) is 19.1. The van der Waals surface area contributed by atoms with Crippen LogP contribution in [0.2, 0.25) is 0 Å². The van der Waals surface area contributed by atoms with Gasteiger partial charge in [0, 0.05) is 16.4 Å². The van der Waals surface area contributed by atoms with Crippen molar-refractivity contribution >= 4 is 29.1 Å². The highest BCUT2D eigenvalue weighted by atomic mass is 32.2. The molecule has 4 nitrogen and oxygen atoms in total. The number of methoxy groups -OCH3 is 1. The molecule has 29 heavy (non-hydrogen) atoms. The van der Waals surface area contributed by atoms with Gasteiger partial charge < -0.3 is 4.74 Å². The Labute approximate surface area is 178 Å². The van der Waals surface area contributed by atoms with E-state index >= 15 is 0 Å². The van der Waals surface area contributed by atoms with E-state index in [2.05, 4.69) is 38.5 Å². The molecule has 0 radical (unpaired) electrons. The fourth-order valence-electron chi connectivity index (χ4n) is 3.43. The van der Waals surface area contributed by atoms with E-state index in [9.17, 15) is 4.79 Å². The van der Waals surface area contributed by atoms with Gasteiger partial charge in [-0.2, -0.15) is 0 Å². The molecule has 1 unspecified atom stereocenters. The lowest BCUT2D eigenvalue weighted by Gasteiger charge is -2.27. The fourth-order valence-corrected chi connectivity index (χ4v) is 4.09. The van der Waals surface area contributed by atoms with Gasteiger partial charge in [0.2, 0.25) is 0 Å². The van der Waals surface area contributed by atoms with Crippen LogP contribution in [0.4, 0.5) is 5.69 Å². The Kier molecular flexibility index (Phi) is 6.20. The van der Waals surface area contributed by atoms with Crippen LogP contribution in [0, 0.1) is 12.8 Å². The summed E-state index contributed by atoms with van der Waals surface area (Å²) in [4.78, 5) is 18.3. The second-order valence-electron chi connectivity index (χ2n) is 8.62. The first kappa shape index (κ1) is 21.6. The zero-order valence-electron chi connectivity index (χ0n) is 18.3. The highest BCUT2D eigenvalue weighted by Gasteiger charge is 2.31. The summed E-state index contributed by atoms with van der Waals surface area (Å²) >= 11 is 1.70. The van der Waals surface area contributed by atoms with Crippen LogP contribution < -0.4 is 9.46 Å². The fraction of sp³-hybridized carbons (Fsp3) is 0.417. The molecule has 3 rings (SSSR count). The van der Waals surface area contributed by atoms with Crippen molar-refractivity contribution in [2.45, 2.75) is 52.3 Å².